The molecule has 212 valence electrons. The Morgan fingerprint density at radius 2 is 1.57 bits per heavy atom. The summed E-state index contributed by atoms with van der Waals surface area (Å²) < 4.78 is 11.8. The maximum atomic E-state index is 13.3. The zero-order valence-corrected chi connectivity index (χ0v) is 22.7. The van der Waals surface area contributed by atoms with Gasteiger partial charge in [0.25, 0.3) is 0 Å². The summed E-state index contributed by atoms with van der Waals surface area (Å²) >= 11 is 0. The average Bonchev–Trinajstić information content (AvgIpc) is 3.31. The minimum absolute atomic E-state index is 0. The highest BCUT2D eigenvalue weighted by molar-refractivity contribution is 5.89. The lowest BCUT2D eigenvalue weighted by Crippen LogP contribution is -2.60. The van der Waals surface area contributed by atoms with E-state index in [2.05, 4.69) is 12.2 Å². The second kappa shape index (κ2) is 15.2. The van der Waals surface area contributed by atoms with Crippen LogP contribution in [-0.2, 0) is 19.1 Å². The number of aliphatic hydroxyl groups excluding tert-OH is 1. The topological polar surface area (TPSA) is 120 Å². The van der Waals surface area contributed by atoms with Crippen LogP contribution in [0.1, 0.15) is 90.4 Å². The van der Waals surface area contributed by atoms with Gasteiger partial charge in [-0.1, -0.05) is 38.7 Å². The summed E-state index contributed by atoms with van der Waals surface area (Å²) in [6.07, 6.45) is 18.5. The number of carbonyl (C=O) groups is 2. The number of carbonyl (C=O) groups excluding carboxylic acids is 2. The van der Waals surface area contributed by atoms with E-state index in [1.54, 1.807) is 6.08 Å². The summed E-state index contributed by atoms with van der Waals surface area (Å²) in [5, 5.41) is 12.8. The maximum absolute atomic E-state index is 13.3. The maximum Gasteiger partial charge on any atom is 0.309 e. The predicted octanol–water partition coefficient (Wildman–Crippen LogP) is 3.16. The summed E-state index contributed by atoms with van der Waals surface area (Å²) in [7, 11) is 0. The highest BCUT2D eigenvalue weighted by Crippen LogP contribution is 2.45. The van der Waals surface area contributed by atoms with Crippen LogP contribution in [0.3, 0.4) is 0 Å². The van der Waals surface area contributed by atoms with Gasteiger partial charge in [-0.15, -0.1) is 0 Å². The highest BCUT2D eigenvalue weighted by Gasteiger charge is 2.49. The third-order valence-electron chi connectivity index (χ3n) is 9.00. The molecule has 0 aromatic rings. The van der Waals surface area contributed by atoms with Crippen LogP contribution >= 0.6 is 0 Å². The van der Waals surface area contributed by atoms with E-state index in [0.29, 0.717) is 30.5 Å². The van der Waals surface area contributed by atoms with E-state index in [4.69, 9.17) is 14.6 Å². The first kappa shape index (κ1) is 30.1. The molecule has 3 aliphatic carbocycles. The first-order valence-electron chi connectivity index (χ1n) is 14.7. The van der Waals surface area contributed by atoms with Gasteiger partial charge in [0, 0.05) is 31.2 Å². The average molecular weight is 523 g/mol. The standard InChI is InChI=1S/C22H37NO4.C7H11NO.H2O/c24-13-14-26-15-9-11-16(12-10-15)27-22(25)21-17-5-1-3-7-19(17)23-20-8-4-2-6-18(20)21;1-2-5-8-6-3-4-7(8)9;/h15-21,23-24H,1-14H2;3-4H,2,5-6H2,1H3;1H2. The second-order valence-corrected chi connectivity index (χ2v) is 11.4. The van der Waals surface area contributed by atoms with Crippen molar-refractivity contribution in [3.05, 3.63) is 12.2 Å². The summed E-state index contributed by atoms with van der Waals surface area (Å²) in [5.41, 5.74) is 0. The molecule has 1 amide bonds. The van der Waals surface area contributed by atoms with Crippen LogP contribution in [0.25, 0.3) is 0 Å². The van der Waals surface area contributed by atoms with Crippen molar-refractivity contribution >= 4 is 11.9 Å². The highest BCUT2D eigenvalue weighted by atomic mass is 16.5. The third kappa shape index (κ3) is 8.01. The SMILES string of the molecule is CCCN1CC=CC1=O.O.O=C(OC1CCC(OCCO)CC1)C1C2CCCCC2NC2CCCCC21. The molecule has 0 aromatic carbocycles. The van der Waals surface area contributed by atoms with Gasteiger partial charge in [0.05, 0.1) is 25.2 Å². The van der Waals surface area contributed by atoms with Crippen molar-refractivity contribution in [1.82, 2.24) is 10.2 Å². The number of aliphatic hydroxyl groups is 1. The molecule has 4 unspecified atom stereocenters. The Balaban J connectivity index is 0.000000324. The van der Waals surface area contributed by atoms with E-state index in [1.807, 2.05) is 11.0 Å². The molecular formula is C29H50N2O6. The van der Waals surface area contributed by atoms with Crippen molar-refractivity contribution in [2.45, 2.75) is 115 Å². The Kier molecular flexibility index (Phi) is 12.3. The Hall–Kier alpha value is -1.48. The van der Waals surface area contributed by atoms with E-state index in [1.165, 1.54) is 51.4 Å². The number of ether oxygens (including phenoxy) is 2. The molecule has 5 aliphatic rings. The number of nitrogens with zero attached hydrogens (tertiary/aromatic N) is 1. The molecule has 0 spiro atoms. The molecule has 0 aromatic heterocycles. The molecular weight excluding hydrogens is 472 g/mol. The molecule has 8 heteroatoms. The van der Waals surface area contributed by atoms with Gasteiger partial charge in [-0.05, 0) is 69.6 Å². The van der Waals surface area contributed by atoms with Crippen molar-refractivity contribution in [2.24, 2.45) is 17.8 Å². The van der Waals surface area contributed by atoms with Crippen LogP contribution in [0, 0.1) is 17.8 Å². The van der Waals surface area contributed by atoms with Gasteiger partial charge in [-0.25, -0.2) is 0 Å². The van der Waals surface area contributed by atoms with Crippen LogP contribution in [0.2, 0.25) is 0 Å². The number of hydrogen-bond acceptors (Lipinski definition) is 6. The van der Waals surface area contributed by atoms with Gasteiger partial charge in [0.1, 0.15) is 6.10 Å². The van der Waals surface area contributed by atoms with Gasteiger partial charge < -0.3 is 30.3 Å². The quantitative estimate of drug-likeness (QED) is 0.496. The molecule has 4 N–H and O–H groups in total. The zero-order chi connectivity index (χ0) is 25.3. The van der Waals surface area contributed by atoms with E-state index in [9.17, 15) is 9.59 Å². The predicted molar refractivity (Wildman–Crippen MR) is 143 cm³/mol. The lowest BCUT2D eigenvalue weighted by atomic mass is 9.62. The Labute approximate surface area is 222 Å². The van der Waals surface area contributed by atoms with E-state index >= 15 is 0 Å². The van der Waals surface area contributed by atoms with Gasteiger partial charge in [0.15, 0.2) is 0 Å². The number of fused-ring (bicyclic) bond motifs is 2. The van der Waals surface area contributed by atoms with Gasteiger partial charge in [-0.2, -0.15) is 0 Å². The molecule has 5 rings (SSSR count). The van der Waals surface area contributed by atoms with Crippen LogP contribution in [-0.4, -0.2) is 78.0 Å². The molecule has 0 radical (unpaired) electrons. The molecule has 4 atom stereocenters. The molecule has 37 heavy (non-hydrogen) atoms. The fourth-order valence-corrected chi connectivity index (χ4v) is 7.26. The fourth-order valence-electron chi connectivity index (χ4n) is 7.26. The first-order chi connectivity index (χ1) is 17.6. The Bertz CT molecular complexity index is 716. The van der Waals surface area contributed by atoms with Crippen LogP contribution in [0.15, 0.2) is 12.2 Å². The van der Waals surface area contributed by atoms with Gasteiger partial charge in [0.2, 0.25) is 5.91 Å². The molecule has 8 nitrogen and oxygen atoms in total. The number of nitrogens with one attached hydrogen (secondary N) is 1. The van der Waals surface area contributed by atoms with Crippen molar-refractivity contribution in [3.63, 3.8) is 0 Å². The number of rotatable bonds is 7. The molecule has 1 saturated heterocycles. The molecule has 2 heterocycles. The lowest BCUT2D eigenvalue weighted by molar-refractivity contribution is -0.166. The monoisotopic (exact) mass is 522 g/mol. The molecule has 3 saturated carbocycles. The number of hydrogen-bond donors (Lipinski definition) is 2. The smallest absolute Gasteiger partial charge is 0.309 e. The summed E-state index contributed by atoms with van der Waals surface area (Å²) in [6.45, 7) is 4.27. The normalized spacial score (nSPS) is 34.9. The fraction of sp³-hybridized carbons (Fsp3) is 0.862. The molecule has 4 fully saturated rings. The second-order valence-electron chi connectivity index (χ2n) is 11.4. The van der Waals surface area contributed by atoms with E-state index in [-0.39, 0.29) is 42.1 Å². The van der Waals surface area contributed by atoms with Crippen molar-refractivity contribution in [1.29, 1.82) is 0 Å². The third-order valence-corrected chi connectivity index (χ3v) is 9.00. The number of amides is 1. The zero-order valence-electron chi connectivity index (χ0n) is 22.7. The van der Waals surface area contributed by atoms with Crippen LogP contribution < -0.4 is 5.32 Å². The minimum atomic E-state index is 0. The van der Waals surface area contributed by atoms with Gasteiger partial charge >= 0.3 is 5.97 Å². The number of piperidine rings is 1. The van der Waals surface area contributed by atoms with Gasteiger partial charge in [-0.3, -0.25) is 9.59 Å². The van der Waals surface area contributed by atoms with Crippen LogP contribution in [0.4, 0.5) is 0 Å². The number of esters is 1. The molecule has 2 aliphatic heterocycles. The van der Waals surface area contributed by atoms with E-state index < -0.39 is 0 Å². The van der Waals surface area contributed by atoms with Crippen molar-refractivity contribution in [2.75, 3.05) is 26.3 Å². The largest absolute Gasteiger partial charge is 0.462 e. The first-order valence-corrected chi connectivity index (χ1v) is 14.7. The van der Waals surface area contributed by atoms with Crippen molar-refractivity contribution < 1.29 is 29.6 Å². The lowest BCUT2D eigenvalue weighted by Gasteiger charge is -2.51. The minimum Gasteiger partial charge on any atom is -0.462 e. The Morgan fingerprint density at radius 3 is 2.11 bits per heavy atom. The Morgan fingerprint density at radius 1 is 0.973 bits per heavy atom. The summed E-state index contributed by atoms with van der Waals surface area (Å²) in [5.74, 6) is 1.34. The molecule has 0 bridgehead atoms. The van der Waals surface area contributed by atoms with Crippen LogP contribution in [0.5, 0.6) is 0 Å². The summed E-state index contributed by atoms with van der Waals surface area (Å²) in [4.78, 5) is 26.0. The van der Waals surface area contributed by atoms with Crippen molar-refractivity contribution in [3.8, 4) is 0 Å². The summed E-state index contributed by atoms with van der Waals surface area (Å²) in [6, 6.07) is 1.05. The van der Waals surface area contributed by atoms with E-state index in [0.717, 1.165) is 45.2 Å².